The highest BCUT2D eigenvalue weighted by atomic mass is 32.2. The van der Waals surface area contributed by atoms with Crippen molar-refractivity contribution >= 4 is 29.7 Å². The number of rotatable bonds is 5. The molecule has 0 aromatic heterocycles. The molecule has 0 radical (unpaired) electrons. The first kappa shape index (κ1) is 15.6. The molecule has 6 nitrogen and oxygen atoms in total. The van der Waals surface area contributed by atoms with E-state index in [0.29, 0.717) is 4.90 Å². The smallest absolute Gasteiger partial charge is 0.336 e. The van der Waals surface area contributed by atoms with Crippen LogP contribution in [0.1, 0.15) is 31.1 Å². The lowest BCUT2D eigenvalue weighted by Crippen LogP contribution is -2.04. The maximum Gasteiger partial charge on any atom is 0.336 e. The van der Waals surface area contributed by atoms with Gasteiger partial charge in [-0.1, -0.05) is 23.9 Å². The number of carboxylic acids is 3. The number of benzene rings is 2. The van der Waals surface area contributed by atoms with Crippen molar-refractivity contribution in [3.8, 4) is 0 Å². The molecule has 0 fully saturated rings. The van der Waals surface area contributed by atoms with Gasteiger partial charge in [-0.05, 0) is 30.3 Å². The quantitative estimate of drug-likeness (QED) is 0.777. The Bertz CT molecular complexity index is 768. The number of carbonyl (C=O) groups is 3. The number of hydrogen-bond acceptors (Lipinski definition) is 4. The van der Waals surface area contributed by atoms with Crippen molar-refractivity contribution in [3.63, 3.8) is 0 Å². The zero-order valence-electron chi connectivity index (χ0n) is 11.0. The molecule has 0 aliphatic heterocycles. The fraction of sp³-hybridized carbons (Fsp3) is 0. The van der Waals surface area contributed by atoms with E-state index in [2.05, 4.69) is 0 Å². The molecule has 0 bridgehead atoms. The van der Waals surface area contributed by atoms with Crippen molar-refractivity contribution in [1.29, 1.82) is 0 Å². The van der Waals surface area contributed by atoms with Crippen LogP contribution in [0.2, 0.25) is 0 Å². The molecule has 0 spiro atoms. The van der Waals surface area contributed by atoms with Crippen LogP contribution in [0.15, 0.2) is 52.3 Å². The zero-order chi connectivity index (χ0) is 16.3. The van der Waals surface area contributed by atoms with Crippen LogP contribution in [0.25, 0.3) is 0 Å². The average molecular weight is 318 g/mol. The van der Waals surface area contributed by atoms with Crippen molar-refractivity contribution in [3.05, 3.63) is 59.2 Å². The molecule has 0 saturated heterocycles. The molecule has 22 heavy (non-hydrogen) atoms. The Morgan fingerprint density at radius 3 is 1.91 bits per heavy atom. The highest BCUT2D eigenvalue weighted by molar-refractivity contribution is 7.99. The van der Waals surface area contributed by atoms with E-state index in [-0.39, 0.29) is 21.6 Å². The van der Waals surface area contributed by atoms with Gasteiger partial charge in [0.25, 0.3) is 0 Å². The Kier molecular flexibility index (Phi) is 4.47. The van der Waals surface area contributed by atoms with Gasteiger partial charge in [-0.3, -0.25) is 0 Å². The summed E-state index contributed by atoms with van der Waals surface area (Å²) in [5.41, 5.74) is -0.287. The summed E-state index contributed by atoms with van der Waals surface area (Å²) in [6, 6.07) is 9.87. The lowest BCUT2D eigenvalue weighted by molar-refractivity contribution is 0.0679. The third-order valence-corrected chi connectivity index (χ3v) is 3.95. The van der Waals surface area contributed by atoms with Crippen molar-refractivity contribution in [2.45, 2.75) is 9.79 Å². The van der Waals surface area contributed by atoms with Gasteiger partial charge in [0.2, 0.25) is 0 Å². The van der Waals surface area contributed by atoms with Crippen molar-refractivity contribution < 1.29 is 29.7 Å². The van der Waals surface area contributed by atoms with Gasteiger partial charge in [-0.2, -0.15) is 0 Å². The van der Waals surface area contributed by atoms with Crippen LogP contribution in [-0.2, 0) is 0 Å². The second kappa shape index (κ2) is 6.31. The molecule has 0 unspecified atom stereocenters. The van der Waals surface area contributed by atoms with E-state index in [1.54, 1.807) is 18.2 Å². The van der Waals surface area contributed by atoms with E-state index in [0.717, 1.165) is 17.8 Å². The molecule has 112 valence electrons. The third kappa shape index (κ3) is 3.26. The summed E-state index contributed by atoms with van der Waals surface area (Å²) in [6.07, 6.45) is 0. The van der Waals surface area contributed by atoms with Gasteiger partial charge in [-0.15, -0.1) is 0 Å². The first-order chi connectivity index (χ1) is 10.4. The van der Waals surface area contributed by atoms with Crippen LogP contribution >= 0.6 is 11.8 Å². The van der Waals surface area contributed by atoms with E-state index in [1.165, 1.54) is 18.2 Å². The first-order valence-electron chi connectivity index (χ1n) is 6.01. The molecule has 7 heteroatoms. The molecule has 0 saturated carbocycles. The monoisotopic (exact) mass is 318 g/mol. The highest BCUT2D eigenvalue weighted by Gasteiger charge is 2.17. The summed E-state index contributed by atoms with van der Waals surface area (Å²) in [4.78, 5) is 34.0. The molecular weight excluding hydrogens is 308 g/mol. The molecule has 0 atom stereocenters. The Hall–Kier alpha value is -2.80. The minimum atomic E-state index is -1.28. The van der Waals surface area contributed by atoms with E-state index in [9.17, 15) is 19.5 Å². The summed E-state index contributed by atoms with van der Waals surface area (Å²) in [6.45, 7) is 0. The minimum Gasteiger partial charge on any atom is -0.478 e. The van der Waals surface area contributed by atoms with Gasteiger partial charge < -0.3 is 15.3 Å². The number of aromatic carboxylic acids is 3. The van der Waals surface area contributed by atoms with Crippen LogP contribution in [0.4, 0.5) is 0 Å². The van der Waals surface area contributed by atoms with Crippen molar-refractivity contribution in [2.24, 2.45) is 0 Å². The molecule has 2 rings (SSSR count). The summed E-state index contributed by atoms with van der Waals surface area (Å²) in [5, 5.41) is 27.2. The maximum atomic E-state index is 11.3. The molecule has 0 heterocycles. The topological polar surface area (TPSA) is 112 Å². The fourth-order valence-electron chi connectivity index (χ4n) is 1.77. The first-order valence-corrected chi connectivity index (χ1v) is 6.82. The number of carboxylic acid groups (broad SMARTS) is 3. The fourth-order valence-corrected chi connectivity index (χ4v) is 2.81. The minimum absolute atomic E-state index is 0.0474. The standard InChI is InChI=1S/C15H10O6S/c16-13(17)8-5-6-12(10(7-8)15(20)21)22-11-4-2-1-3-9(11)14(18)19/h1-7H,(H,16,17)(H,18,19)(H,20,21). The Balaban J connectivity index is 2.48. The van der Waals surface area contributed by atoms with E-state index in [1.807, 2.05) is 0 Å². The highest BCUT2D eigenvalue weighted by Crippen LogP contribution is 2.33. The molecule has 2 aromatic carbocycles. The van der Waals surface area contributed by atoms with E-state index in [4.69, 9.17) is 10.2 Å². The Labute approximate surface area is 129 Å². The zero-order valence-corrected chi connectivity index (χ0v) is 11.8. The van der Waals surface area contributed by atoms with Crippen LogP contribution in [0.3, 0.4) is 0 Å². The van der Waals surface area contributed by atoms with Crippen molar-refractivity contribution in [2.75, 3.05) is 0 Å². The van der Waals surface area contributed by atoms with Crippen molar-refractivity contribution in [1.82, 2.24) is 0 Å². The third-order valence-electron chi connectivity index (χ3n) is 2.79. The van der Waals surface area contributed by atoms with Gasteiger partial charge in [0.1, 0.15) is 0 Å². The molecule has 0 amide bonds. The summed E-state index contributed by atoms with van der Waals surface area (Å²) in [7, 11) is 0. The van der Waals surface area contributed by atoms with Crippen LogP contribution in [-0.4, -0.2) is 33.2 Å². The Morgan fingerprint density at radius 1 is 0.727 bits per heavy atom. The maximum absolute atomic E-state index is 11.3. The summed E-state index contributed by atoms with van der Waals surface area (Å²) in [5.74, 6) is -3.63. The Morgan fingerprint density at radius 2 is 1.32 bits per heavy atom. The molecular formula is C15H10O6S. The van der Waals surface area contributed by atoms with Gasteiger partial charge >= 0.3 is 17.9 Å². The van der Waals surface area contributed by atoms with Crippen LogP contribution < -0.4 is 0 Å². The largest absolute Gasteiger partial charge is 0.478 e. The van der Waals surface area contributed by atoms with Gasteiger partial charge in [-0.25, -0.2) is 14.4 Å². The van der Waals surface area contributed by atoms with Gasteiger partial charge in [0.05, 0.1) is 16.7 Å². The van der Waals surface area contributed by atoms with Gasteiger partial charge in [0, 0.05) is 9.79 Å². The summed E-state index contributed by atoms with van der Waals surface area (Å²) >= 11 is 0.963. The normalized spacial score (nSPS) is 10.2. The van der Waals surface area contributed by atoms with E-state index >= 15 is 0 Å². The van der Waals surface area contributed by atoms with Crippen LogP contribution in [0, 0.1) is 0 Å². The summed E-state index contributed by atoms with van der Waals surface area (Å²) < 4.78 is 0. The molecule has 0 aliphatic carbocycles. The predicted octanol–water partition coefficient (Wildman–Crippen LogP) is 2.93. The predicted molar refractivity (Wildman–Crippen MR) is 77.9 cm³/mol. The van der Waals surface area contributed by atoms with E-state index < -0.39 is 17.9 Å². The molecule has 2 aromatic rings. The second-order valence-corrected chi connectivity index (χ2v) is 5.31. The van der Waals surface area contributed by atoms with Gasteiger partial charge in [0.15, 0.2) is 0 Å². The lowest BCUT2D eigenvalue weighted by atomic mass is 10.1. The second-order valence-electron chi connectivity index (χ2n) is 4.22. The average Bonchev–Trinajstić information content (AvgIpc) is 2.47. The number of hydrogen-bond donors (Lipinski definition) is 3. The van der Waals surface area contributed by atoms with Crippen LogP contribution in [0.5, 0.6) is 0 Å². The lowest BCUT2D eigenvalue weighted by Gasteiger charge is -2.09. The SMILES string of the molecule is O=C(O)c1ccc(Sc2ccccc2C(=O)O)c(C(=O)O)c1. The molecule has 0 aliphatic rings. The molecule has 3 N–H and O–H groups in total.